The Morgan fingerprint density at radius 1 is 1.05 bits per heavy atom. The first kappa shape index (κ1) is 13.9. The summed E-state index contributed by atoms with van der Waals surface area (Å²) in [5, 5.41) is 9.46. The monoisotopic (exact) mass is 341 g/mol. The molecule has 0 radical (unpaired) electrons. The third-order valence-corrected chi connectivity index (χ3v) is 3.85. The summed E-state index contributed by atoms with van der Waals surface area (Å²) in [5.41, 5.74) is 4.25. The zero-order valence-corrected chi connectivity index (χ0v) is 13.1. The minimum absolute atomic E-state index is 0. The van der Waals surface area contributed by atoms with Crippen molar-refractivity contribution in [2.45, 2.75) is 13.5 Å². The van der Waals surface area contributed by atoms with Gasteiger partial charge in [-0.25, -0.2) is 0 Å². The van der Waals surface area contributed by atoms with Crippen LogP contribution >= 0.6 is 0 Å². The van der Waals surface area contributed by atoms with Crippen LogP contribution in [-0.2, 0) is 6.54 Å². The number of hydrogen-bond acceptors (Lipinski definition) is 2. The van der Waals surface area contributed by atoms with Crippen LogP contribution in [0.2, 0.25) is 0 Å². The predicted molar refractivity (Wildman–Crippen MR) is 80.4 cm³/mol. The number of benzene rings is 2. The Hall–Kier alpha value is -2.07. The standard InChI is InChI=1S/C17H14N2O.BrH/c1-11-6-8-12(9-7-11)19-10-14-13-4-2-3-5-15(13)20-16(14)17(19)18;/h2-9,18H,10H2,1H3;1H/p-1. The second kappa shape index (κ2) is 5.04. The second-order valence-electron chi connectivity index (χ2n) is 5.18. The van der Waals surface area contributed by atoms with E-state index in [1.54, 1.807) is 0 Å². The van der Waals surface area contributed by atoms with E-state index >= 15 is 0 Å². The molecule has 21 heavy (non-hydrogen) atoms. The molecule has 4 heteroatoms. The van der Waals surface area contributed by atoms with Gasteiger partial charge in [-0.05, 0) is 25.1 Å². The molecule has 0 bridgehead atoms. The zero-order valence-electron chi connectivity index (χ0n) is 11.6. The summed E-state index contributed by atoms with van der Waals surface area (Å²) in [7, 11) is 0. The van der Waals surface area contributed by atoms with Crippen LogP contribution in [0.5, 0.6) is 0 Å². The van der Waals surface area contributed by atoms with Crippen molar-refractivity contribution in [3.05, 3.63) is 65.4 Å². The molecular formula is C17H14BrN2O-. The van der Waals surface area contributed by atoms with Gasteiger partial charge in [0, 0.05) is 16.6 Å². The van der Waals surface area contributed by atoms with E-state index in [1.165, 1.54) is 5.56 Å². The number of fused-ring (bicyclic) bond motifs is 3. The van der Waals surface area contributed by atoms with E-state index in [2.05, 4.69) is 37.3 Å². The largest absolute Gasteiger partial charge is 1.00 e. The lowest BCUT2D eigenvalue weighted by molar-refractivity contribution is -0.00000461. The molecule has 0 atom stereocenters. The topological polar surface area (TPSA) is 40.2 Å². The van der Waals surface area contributed by atoms with Crippen molar-refractivity contribution in [1.82, 2.24) is 0 Å². The summed E-state index contributed by atoms with van der Waals surface area (Å²) in [4.78, 5) is 1.99. The highest BCUT2D eigenvalue weighted by atomic mass is 79.9. The van der Waals surface area contributed by atoms with Crippen LogP contribution in [0.3, 0.4) is 0 Å². The van der Waals surface area contributed by atoms with Crippen molar-refractivity contribution >= 4 is 22.5 Å². The average Bonchev–Trinajstić information content (AvgIpc) is 2.98. The van der Waals surface area contributed by atoms with Gasteiger partial charge in [-0.15, -0.1) is 0 Å². The Kier molecular flexibility index (Phi) is 3.33. The highest BCUT2D eigenvalue weighted by Crippen LogP contribution is 2.35. The van der Waals surface area contributed by atoms with E-state index in [-0.39, 0.29) is 17.0 Å². The minimum Gasteiger partial charge on any atom is -1.00 e. The summed E-state index contributed by atoms with van der Waals surface area (Å²) in [6, 6.07) is 16.2. The molecule has 3 aromatic rings. The molecular weight excluding hydrogens is 328 g/mol. The van der Waals surface area contributed by atoms with Crippen LogP contribution in [0.4, 0.5) is 5.69 Å². The number of rotatable bonds is 1. The van der Waals surface area contributed by atoms with Gasteiger partial charge in [-0.3, -0.25) is 5.41 Å². The lowest BCUT2D eigenvalue weighted by Gasteiger charge is -2.18. The summed E-state index contributed by atoms with van der Waals surface area (Å²) in [6.45, 7) is 2.77. The van der Waals surface area contributed by atoms with Gasteiger partial charge >= 0.3 is 0 Å². The van der Waals surface area contributed by atoms with Crippen LogP contribution in [0.25, 0.3) is 11.0 Å². The quantitative estimate of drug-likeness (QED) is 0.719. The molecule has 0 fully saturated rings. The maximum Gasteiger partial charge on any atom is 0.175 e. The number of furan rings is 1. The number of nitrogens with one attached hydrogen (secondary N) is 1. The van der Waals surface area contributed by atoms with Gasteiger partial charge < -0.3 is 26.3 Å². The van der Waals surface area contributed by atoms with Crippen LogP contribution in [-0.4, -0.2) is 5.84 Å². The number of para-hydroxylation sites is 1. The fourth-order valence-electron chi connectivity index (χ4n) is 2.75. The summed E-state index contributed by atoms with van der Waals surface area (Å²) < 4.78 is 5.83. The Labute approximate surface area is 133 Å². The predicted octanol–water partition coefficient (Wildman–Crippen LogP) is 1.09. The van der Waals surface area contributed by atoms with Gasteiger partial charge in [0.05, 0.1) is 6.54 Å². The fourth-order valence-corrected chi connectivity index (χ4v) is 2.75. The number of aryl methyl sites for hydroxylation is 1. The first-order chi connectivity index (χ1) is 9.74. The van der Waals surface area contributed by atoms with Crippen LogP contribution in [0, 0.1) is 12.3 Å². The third-order valence-electron chi connectivity index (χ3n) is 3.85. The maximum absolute atomic E-state index is 8.34. The summed E-state index contributed by atoms with van der Waals surface area (Å²) in [5.74, 6) is 1.15. The molecule has 3 nitrogen and oxygen atoms in total. The lowest BCUT2D eigenvalue weighted by Crippen LogP contribution is -3.00. The molecule has 0 saturated carbocycles. The number of hydrogen-bond donors (Lipinski definition) is 1. The Morgan fingerprint density at radius 2 is 1.76 bits per heavy atom. The molecule has 0 aliphatic carbocycles. The Bertz CT molecular complexity index is 820. The zero-order chi connectivity index (χ0) is 13.7. The first-order valence-corrected chi connectivity index (χ1v) is 6.67. The van der Waals surface area contributed by atoms with E-state index in [0.717, 1.165) is 22.2 Å². The number of anilines is 1. The maximum atomic E-state index is 8.34. The van der Waals surface area contributed by atoms with Gasteiger partial charge in [0.1, 0.15) is 5.58 Å². The highest BCUT2D eigenvalue weighted by Gasteiger charge is 2.31. The fraction of sp³-hybridized carbons (Fsp3) is 0.118. The number of amidine groups is 1. The Morgan fingerprint density at radius 3 is 2.52 bits per heavy atom. The van der Waals surface area contributed by atoms with E-state index in [4.69, 9.17) is 9.83 Å². The van der Waals surface area contributed by atoms with Crippen LogP contribution in [0.1, 0.15) is 16.9 Å². The van der Waals surface area contributed by atoms with Crippen molar-refractivity contribution < 1.29 is 21.4 Å². The summed E-state index contributed by atoms with van der Waals surface area (Å²) in [6.07, 6.45) is 0. The smallest absolute Gasteiger partial charge is 0.175 e. The molecule has 0 spiro atoms. The van der Waals surface area contributed by atoms with E-state index in [0.29, 0.717) is 18.1 Å². The van der Waals surface area contributed by atoms with E-state index < -0.39 is 0 Å². The molecule has 2 heterocycles. The van der Waals surface area contributed by atoms with Gasteiger partial charge in [-0.2, -0.15) is 0 Å². The third kappa shape index (κ3) is 2.07. The first-order valence-electron chi connectivity index (χ1n) is 6.67. The molecule has 4 rings (SSSR count). The number of halogens is 1. The molecule has 106 valence electrons. The van der Waals surface area contributed by atoms with Crippen molar-refractivity contribution in [1.29, 1.82) is 5.41 Å². The molecule has 1 aromatic heterocycles. The molecule has 1 aliphatic heterocycles. The molecule has 1 aliphatic rings. The number of nitrogens with zero attached hydrogens (tertiary/aromatic N) is 1. The van der Waals surface area contributed by atoms with Gasteiger partial charge in [-0.1, -0.05) is 35.9 Å². The van der Waals surface area contributed by atoms with Gasteiger partial charge in [0.2, 0.25) is 0 Å². The SMILES string of the molecule is Cc1ccc(N2Cc3c(oc4ccccc34)C2=N)cc1.[Br-]. The minimum atomic E-state index is 0. The molecule has 2 aromatic carbocycles. The van der Waals surface area contributed by atoms with Gasteiger partial charge in [0.25, 0.3) is 0 Å². The second-order valence-corrected chi connectivity index (χ2v) is 5.18. The van der Waals surface area contributed by atoms with Crippen LogP contribution < -0.4 is 21.9 Å². The van der Waals surface area contributed by atoms with E-state index in [9.17, 15) is 0 Å². The molecule has 0 saturated heterocycles. The average molecular weight is 342 g/mol. The van der Waals surface area contributed by atoms with E-state index in [1.807, 2.05) is 23.1 Å². The highest BCUT2D eigenvalue weighted by molar-refractivity contribution is 6.13. The van der Waals surface area contributed by atoms with Crippen LogP contribution in [0.15, 0.2) is 52.9 Å². The van der Waals surface area contributed by atoms with Crippen molar-refractivity contribution in [3.8, 4) is 0 Å². The molecule has 1 N–H and O–H groups in total. The van der Waals surface area contributed by atoms with Crippen molar-refractivity contribution in [2.75, 3.05) is 4.90 Å². The van der Waals surface area contributed by atoms with Crippen molar-refractivity contribution in [3.63, 3.8) is 0 Å². The normalized spacial score (nSPS) is 13.4. The van der Waals surface area contributed by atoms with Crippen molar-refractivity contribution in [2.24, 2.45) is 0 Å². The molecule has 0 unspecified atom stereocenters. The van der Waals surface area contributed by atoms with Gasteiger partial charge in [0.15, 0.2) is 11.6 Å². The molecule has 0 amide bonds. The Balaban J connectivity index is 0.00000132. The summed E-state index contributed by atoms with van der Waals surface area (Å²) >= 11 is 0. The lowest BCUT2D eigenvalue weighted by atomic mass is 10.1.